The molecule has 1 heterocycles. The maximum Gasteiger partial charge on any atom is 0.282 e. The first-order chi connectivity index (χ1) is 7.41. The molecule has 0 saturated carbocycles. The summed E-state index contributed by atoms with van der Waals surface area (Å²) in [5.74, 6) is 0. The molecule has 0 atom stereocenters. The minimum absolute atomic E-state index is 0.0575. The molecule has 2 aromatic rings. The first-order valence-electron chi connectivity index (χ1n) is 4.67. The van der Waals surface area contributed by atoms with Crippen molar-refractivity contribution in [1.82, 2.24) is 5.16 Å². The van der Waals surface area contributed by atoms with E-state index in [1.54, 1.807) is 0 Å². The standard InChI is InChI=1S/C8H6N2O4/c11-4-5-8-6(10(12)13)2-1-3-7(8)14-9-5/h1-3,11H,4H2/i4D2. The molecule has 0 saturated heterocycles. The Kier molecular flexibility index (Phi) is 1.43. The van der Waals surface area contributed by atoms with Gasteiger partial charge in [-0.15, -0.1) is 0 Å². The molecule has 0 amide bonds. The summed E-state index contributed by atoms with van der Waals surface area (Å²) in [5, 5.41) is 23.1. The van der Waals surface area contributed by atoms with Crippen LogP contribution in [0.2, 0.25) is 0 Å². The van der Waals surface area contributed by atoms with Crippen LogP contribution in [0.15, 0.2) is 22.7 Å². The van der Waals surface area contributed by atoms with E-state index in [4.69, 9.17) is 7.26 Å². The van der Waals surface area contributed by atoms with Crippen LogP contribution in [0.3, 0.4) is 0 Å². The molecule has 0 fully saturated rings. The van der Waals surface area contributed by atoms with Gasteiger partial charge in [-0.25, -0.2) is 0 Å². The quantitative estimate of drug-likeness (QED) is 0.576. The summed E-state index contributed by atoms with van der Waals surface area (Å²) in [7, 11) is 0. The summed E-state index contributed by atoms with van der Waals surface area (Å²) < 4.78 is 18.9. The number of hydrogen-bond acceptors (Lipinski definition) is 5. The third-order valence-electron chi connectivity index (χ3n) is 1.78. The van der Waals surface area contributed by atoms with Crippen LogP contribution >= 0.6 is 0 Å². The van der Waals surface area contributed by atoms with Gasteiger partial charge in [-0.2, -0.15) is 0 Å². The Hall–Kier alpha value is -1.95. The molecule has 0 radical (unpaired) electrons. The number of nitro groups is 1. The zero-order valence-electron chi connectivity index (χ0n) is 8.80. The van der Waals surface area contributed by atoms with Crippen LogP contribution in [0, 0.1) is 10.1 Å². The van der Waals surface area contributed by atoms with Gasteiger partial charge < -0.3 is 9.63 Å². The molecule has 1 aromatic carbocycles. The van der Waals surface area contributed by atoms with Gasteiger partial charge >= 0.3 is 0 Å². The molecule has 0 bridgehead atoms. The molecule has 2 rings (SSSR count). The molecule has 1 N–H and O–H groups in total. The van der Waals surface area contributed by atoms with Crippen LogP contribution in [-0.4, -0.2) is 15.2 Å². The average molecular weight is 196 g/mol. The van der Waals surface area contributed by atoms with Gasteiger partial charge in [0, 0.05) is 6.07 Å². The van der Waals surface area contributed by atoms with E-state index in [-0.39, 0.29) is 16.7 Å². The fourth-order valence-electron chi connectivity index (χ4n) is 1.20. The van der Waals surface area contributed by atoms with Crippen LogP contribution in [0.5, 0.6) is 0 Å². The number of aromatic nitrogens is 1. The van der Waals surface area contributed by atoms with Gasteiger partial charge in [-0.05, 0) is 6.07 Å². The number of nitrogens with zero attached hydrogens (tertiary/aromatic N) is 2. The molecule has 0 aliphatic heterocycles. The molecule has 14 heavy (non-hydrogen) atoms. The topological polar surface area (TPSA) is 89.4 Å². The van der Waals surface area contributed by atoms with Crippen molar-refractivity contribution >= 4 is 16.7 Å². The zero-order valence-corrected chi connectivity index (χ0v) is 6.80. The Morgan fingerprint density at radius 2 is 2.50 bits per heavy atom. The largest absolute Gasteiger partial charge is 0.390 e. The Balaban J connectivity index is 2.83. The highest BCUT2D eigenvalue weighted by atomic mass is 16.6. The molecular formula is C8H6N2O4. The summed E-state index contributed by atoms with van der Waals surface area (Å²) in [5.41, 5.74) is -0.788. The number of non-ortho nitro benzene ring substituents is 1. The van der Waals surface area contributed by atoms with Gasteiger partial charge in [0.05, 0.1) is 14.2 Å². The minimum atomic E-state index is -2.78. The predicted octanol–water partition coefficient (Wildman–Crippen LogP) is 1.23. The van der Waals surface area contributed by atoms with E-state index in [1.165, 1.54) is 18.2 Å². The second kappa shape index (κ2) is 3.08. The minimum Gasteiger partial charge on any atom is -0.390 e. The van der Waals surface area contributed by atoms with Crippen molar-refractivity contribution in [2.75, 3.05) is 0 Å². The fourth-order valence-corrected chi connectivity index (χ4v) is 1.20. The summed E-state index contributed by atoms with van der Waals surface area (Å²) in [6, 6.07) is 3.99. The zero-order chi connectivity index (χ0) is 11.9. The van der Waals surface area contributed by atoms with Gasteiger partial charge in [0.1, 0.15) is 11.1 Å². The first-order valence-corrected chi connectivity index (χ1v) is 3.67. The second-order valence-corrected chi connectivity index (χ2v) is 2.55. The Morgan fingerprint density at radius 3 is 3.14 bits per heavy atom. The van der Waals surface area contributed by atoms with Gasteiger partial charge in [0.15, 0.2) is 5.58 Å². The molecule has 6 heteroatoms. The third kappa shape index (κ3) is 1.12. The molecule has 1 aromatic heterocycles. The highest BCUT2D eigenvalue weighted by Crippen LogP contribution is 2.28. The van der Waals surface area contributed by atoms with Gasteiger partial charge in [0.2, 0.25) is 0 Å². The molecular weight excluding hydrogens is 188 g/mol. The lowest BCUT2D eigenvalue weighted by Gasteiger charge is -1.92. The van der Waals surface area contributed by atoms with Crippen LogP contribution < -0.4 is 0 Å². The van der Waals surface area contributed by atoms with E-state index >= 15 is 0 Å². The van der Waals surface area contributed by atoms with Crippen LogP contribution in [0.4, 0.5) is 5.69 Å². The monoisotopic (exact) mass is 196 g/mol. The van der Waals surface area contributed by atoms with Gasteiger partial charge in [0.25, 0.3) is 5.69 Å². The Bertz CT molecular complexity index is 561. The van der Waals surface area contributed by atoms with Crippen LogP contribution in [0.25, 0.3) is 11.0 Å². The smallest absolute Gasteiger partial charge is 0.282 e. The number of fused-ring (bicyclic) bond motifs is 1. The normalized spacial score (nSPS) is 13.8. The molecule has 0 aliphatic rings. The van der Waals surface area contributed by atoms with E-state index in [2.05, 4.69) is 5.16 Å². The summed E-state index contributed by atoms with van der Waals surface area (Å²) >= 11 is 0. The van der Waals surface area contributed by atoms with Crippen molar-refractivity contribution < 1.29 is 17.3 Å². The average Bonchev–Trinajstić information content (AvgIpc) is 2.59. The molecule has 72 valence electrons. The number of benzene rings is 1. The molecule has 0 aliphatic carbocycles. The third-order valence-corrected chi connectivity index (χ3v) is 1.78. The predicted molar refractivity (Wildman–Crippen MR) is 46.6 cm³/mol. The molecule has 6 nitrogen and oxygen atoms in total. The van der Waals surface area contributed by atoms with E-state index in [9.17, 15) is 15.2 Å². The van der Waals surface area contributed by atoms with E-state index in [0.29, 0.717) is 0 Å². The van der Waals surface area contributed by atoms with Crippen molar-refractivity contribution in [3.63, 3.8) is 0 Å². The molecule has 0 unspecified atom stereocenters. The highest BCUT2D eigenvalue weighted by molar-refractivity contribution is 5.88. The fraction of sp³-hybridized carbons (Fsp3) is 0.125. The van der Waals surface area contributed by atoms with Gasteiger partial charge in [-0.3, -0.25) is 10.1 Å². The summed E-state index contributed by atoms with van der Waals surface area (Å²) in [6.45, 7) is -2.78. The van der Waals surface area contributed by atoms with Crippen LogP contribution in [0.1, 0.15) is 8.44 Å². The van der Waals surface area contributed by atoms with E-state index in [0.717, 1.165) is 0 Å². The van der Waals surface area contributed by atoms with Crippen molar-refractivity contribution in [1.29, 1.82) is 0 Å². The Labute approximate surface area is 80.7 Å². The van der Waals surface area contributed by atoms with E-state index < -0.39 is 17.2 Å². The van der Waals surface area contributed by atoms with Crippen LogP contribution in [-0.2, 0) is 6.56 Å². The number of rotatable bonds is 2. The summed E-state index contributed by atoms with van der Waals surface area (Å²) in [4.78, 5) is 10.0. The second-order valence-electron chi connectivity index (χ2n) is 2.55. The summed E-state index contributed by atoms with van der Waals surface area (Å²) in [6.07, 6.45) is 0. The highest BCUT2D eigenvalue weighted by Gasteiger charge is 2.18. The van der Waals surface area contributed by atoms with Crippen molar-refractivity contribution in [3.8, 4) is 0 Å². The lowest BCUT2D eigenvalue weighted by Crippen LogP contribution is -1.91. The van der Waals surface area contributed by atoms with Crippen molar-refractivity contribution in [3.05, 3.63) is 34.0 Å². The number of nitro benzene ring substituents is 1. The van der Waals surface area contributed by atoms with Gasteiger partial charge in [-0.1, -0.05) is 11.2 Å². The Morgan fingerprint density at radius 1 is 1.71 bits per heavy atom. The SMILES string of the molecule is [2H]C([2H])(O)c1noc2cccc([N+](=O)[O-])c12. The molecule has 0 spiro atoms. The number of aliphatic hydroxyl groups is 1. The van der Waals surface area contributed by atoms with Crippen molar-refractivity contribution in [2.45, 2.75) is 6.56 Å². The lowest BCUT2D eigenvalue weighted by molar-refractivity contribution is -0.383. The first kappa shape index (κ1) is 6.50. The number of hydrogen-bond donors (Lipinski definition) is 1. The maximum atomic E-state index is 10.7. The lowest BCUT2D eigenvalue weighted by atomic mass is 10.2. The van der Waals surface area contributed by atoms with Crippen molar-refractivity contribution in [2.24, 2.45) is 0 Å². The van der Waals surface area contributed by atoms with E-state index in [1.807, 2.05) is 0 Å². The maximum absolute atomic E-state index is 10.7.